The fraction of sp³-hybridized carbons (Fsp3) is 0.500. The van der Waals surface area contributed by atoms with Gasteiger partial charge in [-0.15, -0.1) is 0 Å². The Kier molecular flexibility index (Phi) is 4.58. The molecule has 1 fully saturated rings. The summed E-state index contributed by atoms with van der Waals surface area (Å²) < 4.78 is 0. The van der Waals surface area contributed by atoms with Crippen LogP contribution in [0.1, 0.15) is 43.0 Å². The van der Waals surface area contributed by atoms with E-state index in [0.717, 1.165) is 0 Å². The third-order valence-electron chi connectivity index (χ3n) is 3.78. The van der Waals surface area contributed by atoms with Crippen molar-refractivity contribution in [1.29, 1.82) is 0 Å². The summed E-state index contributed by atoms with van der Waals surface area (Å²) in [6, 6.07) is 3.28. The van der Waals surface area contributed by atoms with Crippen molar-refractivity contribution >= 4 is 34.8 Å². The van der Waals surface area contributed by atoms with Crippen molar-refractivity contribution in [2.24, 2.45) is 5.92 Å². The zero-order chi connectivity index (χ0) is 14.0. The molecule has 0 aromatic heterocycles. The highest BCUT2D eigenvalue weighted by atomic mass is 35.5. The molecule has 5 heteroatoms. The molecule has 1 atom stereocenters. The van der Waals surface area contributed by atoms with Crippen LogP contribution < -0.4 is 11.1 Å². The molecule has 2 rings (SSSR count). The van der Waals surface area contributed by atoms with Gasteiger partial charge in [-0.2, -0.15) is 0 Å². The topological polar surface area (TPSA) is 55.1 Å². The van der Waals surface area contributed by atoms with E-state index < -0.39 is 0 Å². The van der Waals surface area contributed by atoms with Gasteiger partial charge < -0.3 is 11.1 Å². The third kappa shape index (κ3) is 3.34. The minimum atomic E-state index is -0.148. The fourth-order valence-corrected chi connectivity index (χ4v) is 2.94. The molecule has 0 heterocycles. The number of rotatable bonds is 3. The van der Waals surface area contributed by atoms with Crippen LogP contribution in [0, 0.1) is 5.92 Å². The third-order valence-corrected chi connectivity index (χ3v) is 4.60. The van der Waals surface area contributed by atoms with E-state index in [1.807, 2.05) is 0 Å². The number of nitrogens with two attached hydrogens (primary N) is 1. The Morgan fingerprint density at radius 2 is 2.00 bits per heavy atom. The zero-order valence-electron chi connectivity index (χ0n) is 10.9. The lowest BCUT2D eigenvalue weighted by Crippen LogP contribution is -2.37. The van der Waals surface area contributed by atoms with Gasteiger partial charge >= 0.3 is 0 Å². The van der Waals surface area contributed by atoms with E-state index in [2.05, 4.69) is 12.2 Å². The molecule has 1 aliphatic rings. The molecular weight excluding hydrogens is 283 g/mol. The van der Waals surface area contributed by atoms with Gasteiger partial charge in [0.05, 0.1) is 15.7 Å². The first-order valence-corrected chi connectivity index (χ1v) is 7.30. The second-order valence-corrected chi connectivity index (χ2v) is 5.95. The van der Waals surface area contributed by atoms with Crippen molar-refractivity contribution in [3.8, 4) is 0 Å². The smallest absolute Gasteiger partial charge is 0.251 e. The van der Waals surface area contributed by atoms with Crippen molar-refractivity contribution in [1.82, 2.24) is 5.32 Å². The predicted octanol–water partition coefficient (Wildman–Crippen LogP) is 3.88. The predicted molar refractivity (Wildman–Crippen MR) is 79.8 cm³/mol. The lowest BCUT2D eigenvalue weighted by atomic mass is 9.99. The SMILES string of the molecule is CC(NC(=O)c1cc(N)c(Cl)c(Cl)c1)C1CCCC1. The average molecular weight is 301 g/mol. The summed E-state index contributed by atoms with van der Waals surface area (Å²) in [6.07, 6.45) is 4.88. The van der Waals surface area contributed by atoms with Crippen molar-refractivity contribution in [2.75, 3.05) is 5.73 Å². The number of hydrogen-bond donors (Lipinski definition) is 2. The molecule has 0 saturated heterocycles. The molecule has 104 valence electrons. The van der Waals surface area contributed by atoms with Gasteiger partial charge in [0.15, 0.2) is 0 Å². The summed E-state index contributed by atoms with van der Waals surface area (Å²) in [5.41, 5.74) is 6.50. The van der Waals surface area contributed by atoms with E-state index in [4.69, 9.17) is 28.9 Å². The molecular formula is C14H18Cl2N2O. The lowest BCUT2D eigenvalue weighted by Gasteiger charge is -2.20. The maximum Gasteiger partial charge on any atom is 0.251 e. The Hall–Kier alpha value is -0.930. The Bertz CT molecular complexity index is 461. The first-order chi connectivity index (χ1) is 8.99. The summed E-state index contributed by atoms with van der Waals surface area (Å²) in [4.78, 5) is 12.2. The summed E-state index contributed by atoms with van der Waals surface area (Å²) in [5, 5.41) is 3.62. The molecule has 0 radical (unpaired) electrons. The van der Waals surface area contributed by atoms with Gasteiger partial charge in [-0.3, -0.25) is 4.79 Å². The number of anilines is 1. The Morgan fingerprint density at radius 1 is 1.37 bits per heavy atom. The zero-order valence-corrected chi connectivity index (χ0v) is 12.4. The highest BCUT2D eigenvalue weighted by Gasteiger charge is 2.23. The first kappa shape index (κ1) is 14.5. The van der Waals surface area contributed by atoms with E-state index in [9.17, 15) is 4.79 Å². The molecule has 0 aliphatic heterocycles. The normalized spacial score (nSPS) is 17.4. The van der Waals surface area contributed by atoms with Crippen LogP contribution in [-0.2, 0) is 0 Å². The molecule has 19 heavy (non-hydrogen) atoms. The number of hydrogen-bond acceptors (Lipinski definition) is 2. The maximum absolute atomic E-state index is 12.2. The van der Waals surface area contributed by atoms with Crippen LogP contribution in [0.3, 0.4) is 0 Å². The van der Waals surface area contributed by atoms with Crippen LogP contribution >= 0.6 is 23.2 Å². The quantitative estimate of drug-likeness (QED) is 0.832. The van der Waals surface area contributed by atoms with Crippen molar-refractivity contribution < 1.29 is 4.79 Å². The number of carbonyl (C=O) groups is 1. The number of nitrogens with one attached hydrogen (secondary N) is 1. The number of benzene rings is 1. The van der Waals surface area contributed by atoms with Crippen LogP contribution in [0.5, 0.6) is 0 Å². The molecule has 1 aliphatic carbocycles. The Balaban J connectivity index is 2.07. The van der Waals surface area contributed by atoms with E-state index in [-0.39, 0.29) is 11.9 Å². The van der Waals surface area contributed by atoms with Gasteiger partial charge in [0.25, 0.3) is 5.91 Å². The molecule has 1 saturated carbocycles. The molecule has 3 nitrogen and oxygen atoms in total. The lowest BCUT2D eigenvalue weighted by molar-refractivity contribution is 0.0927. The molecule has 1 aromatic rings. The van der Waals surface area contributed by atoms with Crippen LogP contribution in [0.2, 0.25) is 10.0 Å². The van der Waals surface area contributed by atoms with Crippen molar-refractivity contribution in [3.63, 3.8) is 0 Å². The molecule has 1 aromatic carbocycles. The summed E-state index contributed by atoms with van der Waals surface area (Å²) >= 11 is 11.8. The molecule has 3 N–H and O–H groups in total. The van der Waals surface area contributed by atoms with Crippen molar-refractivity contribution in [3.05, 3.63) is 27.7 Å². The Labute approximate surface area is 123 Å². The maximum atomic E-state index is 12.2. The summed E-state index contributed by atoms with van der Waals surface area (Å²) in [5.74, 6) is 0.425. The number of carbonyl (C=O) groups excluding carboxylic acids is 1. The number of amides is 1. The second kappa shape index (κ2) is 6.02. The van der Waals surface area contributed by atoms with Crippen LogP contribution in [0.25, 0.3) is 0 Å². The van der Waals surface area contributed by atoms with Gasteiger partial charge in [0, 0.05) is 11.6 Å². The summed E-state index contributed by atoms with van der Waals surface area (Å²) in [6.45, 7) is 2.05. The highest BCUT2D eigenvalue weighted by molar-refractivity contribution is 6.43. The van der Waals surface area contributed by atoms with Crippen LogP contribution in [-0.4, -0.2) is 11.9 Å². The molecule has 0 bridgehead atoms. The van der Waals surface area contributed by atoms with Crippen molar-refractivity contribution in [2.45, 2.75) is 38.6 Å². The fourth-order valence-electron chi connectivity index (χ4n) is 2.61. The van der Waals surface area contributed by atoms with Crippen LogP contribution in [0.15, 0.2) is 12.1 Å². The van der Waals surface area contributed by atoms with E-state index >= 15 is 0 Å². The molecule has 0 spiro atoms. The second-order valence-electron chi connectivity index (χ2n) is 5.17. The summed E-state index contributed by atoms with van der Waals surface area (Å²) in [7, 11) is 0. The van der Waals surface area contributed by atoms with Gasteiger partial charge in [0.1, 0.15) is 0 Å². The largest absolute Gasteiger partial charge is 0.397 e. The van der Waals surface area contributed by atoms with Gasteiger partial charge in [-0.1, -0.05) is 36.0 Å². The molecule has 1 unspecified atom stereocenters. The van der Waals surface area contributed by atoms with E-state index in [1.165, 1.54) is 25.7 Å². The van der Waals surface area contributed by atoms with E-state index in [0.29, 0.717) is 27.2 Å². The average Bonchev–Trinajstić information content (AvgIpc) is 2.89. The van der Waals surface area contributed by atoms with Gasteiger partial charge in [0.2, 0.25) is 0 Å². The van der Waals surface area contributed by atoms with Gasteiger partial charge in [-0.05, 0) is 37.8 Å². The Morgan fingerprint density at radius 3 is 2.58 bits per heavy atom. The molecule has 1 amide bonds. The number of halogens is 2. The van der Waals surface area contributed by atoms with Crippen LogP contribution in [0.4, 0.5) is 5.69 Å². The first-order valence-electron chi connectivity index (χ1n) is 6.54. The van der Waals surface area contributed by atoms with E-state index in [1.54, 1.807) is 12.1 Å². The monoisotopic (exact) mass is 300 g/mol. The van der Waals surface area contributed by atoms with Gasteiger partial charge in [-0.25, -0.2) is 0 Å². The standard InChI is InChI=1S/C14H18Cl2N2O/c1-8(9-4-2-3-5-9)18-14(19)10-6-11(15)13(16)12(17)7-10/h6-9H,2-5,17H2,1H3,(H,18,19). The minimum absolute atomic E-state index is 0.148. The minimum Gasteiger partial charge on any atom is -0.397 e. The number of nitrogen functional groups attached to an aromatic ring is 1. The highest BCUT2D eigenvalue weighted by Crippen LogP contribution is 2.30.